The first-order valence-corrected chi connectivity index (χ1v) is 10.1. The first-order valence-electron chi connectivity index (χ1n) is 10.1. The van der Waals surface area contributed by atoms with E-state index in [0.29, 0.717) is 50.5 Å². The number of likely N-dealkylation sites (tertiary alicyclic amines) is 1. The van der Waals surface area contributed by atoms with Crippen molar-refractivity contribution in [1.29, 1.82) is 0 Å². The molecule has 1 aromatic rings. The van der Waals surface area contributed by atoms with Crippen LogP contribution < -0.4 is 10.1 Å². The fourth-order valence-electron chi connectivity index (χ4n) is 3.03. The molecule has 2 amide bonds. The van der Waals surface area contributed by atoms with Gasteiger partial charge in [0.15, 0.2) is 6.61 Å². The molecule has 9 nitrogen and oxygen atoms in total. The SMILES string of the molecule is CCOC(=O)C1CCN(C(=O)COC(=O)CNC(=O)c2ccc(OCC)cc2)CC1. The van der Waals surface area contributed by atoms with Crippen molar-refractivity contribution < 1.29 is 33.4 Å². The third kappa shape index (κ3) is 7.06. The number of nitrogens with one attached hydrogen (secondary N) is 1. The highest BCUT2D eigenvalue weighted by molar-refractivity contribution is 5.96. The molecule has 0 radical (unpaired) electrons. The highest BCUT2D eigenvalue weighted by atomic mass is 16.5. The molecule has 1 fully saturated rings. The summed E-state index contributed by atoms with van der Waals surface area (Å²) in [6, 6.07) is 6.52. The molecule has 1 aromatic carbocycles. The van der Waals surface area contributed by atoms with E-state index in [-0.39, 0.29) is 24.3 Å². The van der Waals surface area contributed by atoms with E-state index in [1.807, 2.05) is 6.92 Å². The third-order valence-electron chi connectivity index (χ3n) is 4.65. The van der Waals surface area contributed by atoms with E-state index in [2.05, 4.69) is 5.32 Å². The number of esters is 2. The summed E-state index contributed by atoms with van der Waals surface area (Å²) < 4.78 is 15.3. The van der Waals surface area contributed by atoms with Crippen LogP contribution in [-0.2, 0) is 23.9 Å². The zero-order valence-corrected chi connectivity index (χ0v) is 17.3. The Labute approximate surface area is 175 Å². The number of nitrogens with zero attached hydrogens (tertiary/aromatic N) is 1. The van der Waals surface area contributed by atoms with Gasteiger partial charge in [0.1, 0.15) is 12.3 Å². The predicted molar refractivity (Wildman–Crippen MR) is 107 cm³/mol. The minimum Gasteiger partial charge on any atom is -0.494 e. The Balaban J connectivity index is 1.67. The molecule has 0 atom stereocenters. The number of hydrogen-bond acceptors (Lipinski definition) is 7. The topological polar surface area (TPSA) is 111 Å². The van der Waals surface area contributed by atoms with Gasteiger partial charge in [-0.25, -0.2) is 0 Å². The lowest BCUT2D eigenvalue weighted by molar-refractivity contribution is -0.154. The summed E-state index contributed by atoms with van der Waals surface area (Å²) >= 11 is 0. The highest BCUT2D eigenvalue weighted by Crippen LogP contribution is 2.18. The fraction of sp³-hybridized carbons (Fsp3) is 0.524. The van der Waals surface area contributed by atoms with E-state index in [9.17, 15) is 19.2 Å². The first-order chi connectivity index (χ1) is 14.4. The number of benzene rings is 1. The summed E-state index contributed by atoms with van der Waals surface area (Å²) in [6.07, 6.45) is 1.05. The smallest absolute Gasteiger partial charge is 0.325 e. The van der Waals surface area contributed by atoms with Crippen molar-refractivity contribution in [1.82, 2.24) is 10.2 Å². The normalized spacial score (nSPS) is 14.0. The average Bonchev–Trinajstić information content (AvgIpc) is 2.76. The van der Waals surface area contributed by atoms with Gasteiger partial charge in [-0.1, -0.05) is 0 Å². The Bertz CT molecular complexity index is 740. The van der Waals surface area contributed by atoms with Crippen LogP contribution >= 0.6 is 0 Å². The summed E-state index contributed by atoms with van der Waals surface area (Å²) in [6.45, 7) is 4.56. The van der Waals surface area contributed by atoms with Gasteiger partial charge in [-0.2, -0.15) is 0 Å². The minimum absolute atomic E-state index is 0.200. The van der Waals surface area contributed by atoms with E-state index in [1.165, 1.54) is 0 Å². The van der Waals surface area contributed by atoms with Crippen LogP contribution in [0.1, 0.15) is 37.0 Å². The summed E-state index contributed by atoms with van der Waals surface area (Å²) in [7, 11) is 0. The molecule has 9 heteroatoms. The number of ether oxygens (including phenoxy) is 3. The Hall–Kier alpha value is -3.10. The van der Waals surface area contributed by atoms with Gasteiger partial charge in [0.2, 0.25) is 0 Å². The quantitative estimate of drug-likeness (QED) is 0.597. The van der Waals surface area contributed by atoms with Crippen LogP contribution in [0.25, 0.3) is 0 Å². The lowest BCUT2D eigenvalue weighted by Gasteiger charge is -2.30. The van der Waals surface area contributed by atoms with Crippen molar-refractivity contribution in [2.75, 3.05) is 39.5 Å². The maximum absolute atomic E-state index is 12.2. The molecule has 1 saturated heterocycles. The molecule has 0 bridgehead atoms. The van der Waals surface area contributed by atoms with Crippen LogP contribution in [0.2, 0.25) is 0 Å². The lowest BCUT2D eigenvalue weighted by Crippen LogP contribution is -2.43. The average molecular weight is 420 g/mol. The van der Waals surface area contributed by atoms with Gasteiger partial charge in [0.25, 0.3) is 11.8 Å². The van der Waals surface area contributed by atoms with Crippen molar-refractivity contribution in [3.8, 4) is 5.75 Å². The second kappa shape index (κ2) is 11.8. The van der Waals surface area contributed by atoms with Crippen LogP contribution in [0.15, 0.2) is 24.3 Å². The second-order valence-corrected chi connectivity index (χ2v) is 6.71. The number of hydrogen-bond donors (Lipinski definition) is 1. The molecule has 0 unspecified atom stereocenters. The monoisotopic (exact) mass is 420 g/mol. The maximum Gasteiger partial charge on any atom is 0.325 e. The second-order valence-electron chi connectivity index (χ2n) is 6.71. The van der Waals surface area contributed by atoms with Gasteiger partial charge in [0, 0.05) is 18.7 Å². The molecular formula is C21H28N2O7. The fourth-order valence-corrected chi connectivity index (χ4v) is 3.03. The van der Waals surface area contributed by atoms with E-state index >= 15 is 0 Å². The van der Waals surface area contributed by atoms with E-state index < -0.39 is 18.5 Å². The Kier molecular flexibility index (Phi) is 9.11. The van der Waals surface area contributed by atoms with Crippen molar-refractivity contribution >= 4 is 23.8 Å². The summed E-state index contributed by atoms with van der Waals surface area (Å²) in [4.78, 5) is 49.4. The largest absolute Gasteiger partial charge is 0.494 e. The van der Waals surface area contributed by atoms with Crippen LogP contribution in [-0.4, -0.2) is 68.1 Å². The van der Waals surface area contributed by atoms with Crippen LogP contribution in [0.5, 0.6) is 5.75 Å². The number of carbonyl (C=O) groups excluding carboxylic acids is 4. The number of amides is 2. The molecule has 0 spiro atoms. The van der Waals surface area contributed by atoms with Crippen molar-refractivity contribution in [3.63, 3.8) is 0 Å². The van der Waals surface area contributed by atoms with Crippen molar-refractivity contribution in [3.05, 3.63) is 29.8 Å². The van der Waals surface area contributed by atoms with Crippen LogP contribution in [0, 0.1) is 5.92 Å². The van der Waals surface area contributed by atoms with Crippen LogP contribution in [0.3, 0.4) is 0 Å². The number of rotatable bonds is 9. The Morgan fingerprint density at radius 2 is 1.67 bits per heavy atom. The summed E-state index contributed by atoms with van der Waals surface area (Å²) in [5, 5.41) is 2.45. The Morgan fingerprint density at radius 3 is 2.27 bits per heavy atom. The van der Waals surface area contributed by atoms with E-state index in [1.54, 1.807) is 36.1 Å². The molecule has 0 saturated carbocycles. The van der Waals surface area contributed by atoms with Gasteiger partial charge in [-0.15, -0.1) is 0 Å². The molecule has 1 aliphatic heterocycles. The molecule has 0 aliphatic carbocycles. The first kappa shape index (κ1) is 23.2. The molecule has 1 aliphatic rings. The standard InChI is InChI=1S/C21H28N2O7/c1-3-28-17-7-5-15(6-8-17)20(26)22-13-19(25)30-14-18(24)23-11-9-16(10-12-23)21(27)29-4-2/h5-8,16H,3-4,9-14H2,1-2H3,(H,22,26). The summed E-state index contributed by atoms with van der Waals surface area (Å²) in [5.41, 5.74) is 0.381. The molecule has 2 rings (SSSR count). The van der Waals surface area contributed by atoms with Gasteiger partial charge in [0.05, 0.1) is 19.1 Å². The number of carbonyl (C=O) groups is 4. The van der Waals surface area contributed by atoms with Crippen LogP contribution in [0.4, 0.5) is 0 Å². The maximum atomic E-state index is 12.2. The highest BCUT2D eigenvalue weighted by Gasteiger charge is 2.28. The molecule has 0 aromatic heterocycles. The zero-order valence-electron chi connectivity index (χ0n) is 17.3. The van der Waals surface area contributed by atoms with Crippen molar-refractivity contribution in [2.24, 2.45) is 5.92 Å². The minimum atomic E-state index is -0.705. The van der Waals surface area contributed by atoms with Gasteiger partial charge >= 0.3 is 11.9 Å². The Morgan fingerprint density at radius 1 is 1.00 bits per heavy atom. The molecule has 30 heavy (non-hydrogen) atoms. The van der Waals surface area contributed by atoms with Crippen molar-refractivity contribution in [2.45, 2.75) is 26.7 Å². The molecular weight excluding hydrogens is 392 g/mol. The molecule has 1 N–H and O–H groups in total. The number of piperidine rings is 1. The third-order valence-corrected chi connectivity index (χ3v) is 4.65. The predicted octanol–water partition coefficient (Wildman–Crippen LogP) is 1.16. The zero-order chi connectivity index (χ0) is 21.9. The molecule has 164 valence electrons. The van der Waals surface area contributed by atoms with E-state index in [4.69, 9.17) is 14.2 Å². The lowest BCUT2D eigenvalue weighted by atomic mass is 9.97. The van der Waals surface area contributed by atoms with E-state index in [0.717, 1.165) is 0 Å². The van der Waals surface area contributed by atoms with Gasteiger partial charge < -0.3 is 24.4 Å². The van der Waals surface area contributed by atoms with Gasteiger partial charge in [-0.05, 0) is 51.0 Å². The summed E-state index contributed by atoms with van der Waals surface area (Å²) in [5.74, 6) is -1.25. The molecule has 1 heterocycles. The van der Waals surface area contributed by atoms with Gasteiger partial charge in [-0.3, -0.25) is 19.2 Å².